The highest BCUT2D eigenvalue weighted by Gasteiger charge is 2.56. The third-order valence-corrected chi connectivity index (χ3v) is 4.68. The summed E-state index contributed by atoms with van der Waals surface area (Å²) in [6.07, 6.45) is 0. The molecule has 0 aromatic heterocycles. The third-order valence-electron chi connectivity index (χ3n) is 3.56. The molecule has 15 heavy (non-hydrogen) atoms. The Kier molecular flexibility index (Phi) is 3.06. The monoisotopic (exact) mass is 227 g/mol. The minimum atomic E-state index is 0.0503. The molecule has 0 amide bonds. The third kappa shape index (κ3) is 1.86. The van der Waals surface area contributed by atoms with E-state index in [0.29, 0.717) is 5.25 Å². The molecule has 0 saturated carbocycles. The first-order valence-corrected chi connectivity index (χ1v) is 6.63. The first-order valence-electron chi connectivity index (χ1n) is 5.75. The number of rotatable bonds is 0. The molecule has 1 nitrogen and oxygen atoms in total. The lowest BCUT2D eigenvalue weighted by Crippen LogP contribution is -2.55. The molecule has 0 aliphatic carbocycles. The fourth-order valence-electron chi connectivity index (χ4n) is 3.39. The van der Waals surface area contributed by atoms with Crippen LogP contribution in [0.5, 0.6) is 0 Å². The summed E-state index contributed by atoms with van der Waals surface area (Å²) in [5, 5.41) is 1.81. The second-order valence-corrected chi connectivity index (χ2v) is 8.19. The summed E-state index contributed by atoms with van der Waals surface area (Å²) >= 11 is 1.93. The predicted molar refractivity (Wildman–Crippen MR) is 71.8 cm³/mol. The van der Waals surface area contributed by atoms with Crippen LogP contribution >= 0.6 is 11.8 Å². The van der Waals surface area contributed by atoms with E-state index >= 15 is 0 Å². The quantitative estimate of drug-likeness (QED) is 0.598. The Bertz CT molecular complexity index is 264. The Morgan fingerprint density at radius 1 is 1.07 bits per heavy atom. The SMILES string of the molecule is CC1=NC(C(C)(C)C)(C(C)(C)C)C(C)S1. The summed E-state index contributed by atoms with van der Waals surface area (Å²) < 4.78 is 0. The minimum Gasteiger partial charge on any atom is -0.274 e. The summed E-state index contributed by atoms with van der Waals surface area (Å²) in [6.45, 7) is 18.4. The van der Waals surface area contributed by atoms with Crippen LogP contribution in [0.1, 0.15) is 55.4 Å². The lowest BCUT2D eigenvalue weighted by molar-refractivity contribution is 0.0667. The molecule has 1 unspecified atom stereocenters. The van der Waals surface area contributed by atoms with E-state index in [2.05, 4.69) is 55.4 Å². The molecule has 0 aromatic rings. The van der Waals surface area contributed by atoms with E-state index < -0.39 is 0 Å². The van der Waals surface area contributed by atoms with E-state index in [1.165, 1.54) is 5.04 Å². The van der Waals surface area contributed by atoms with Crippen molar-refractivity contribution in [3.8, 4) is 0 Å². The zero-order valence-corrected chi connectivity index (χ0v) is 12.2. The van der Waals surface area contributed by atoms with Gasteiger partial charge in [-0.2, -0.15) is 0 Å². The van der Waals surface area contributed by atoms with Gasteiger partial charge in [-0.1, -0.05) is 48.5 Å². The normalized spacial score (nSPS) is 26.7. The van der Waals surface area contributed by atoms with Crippen molar-refractivity contribution in [3.63, 3.8) is 0 Å². The Balaban J connectivity index is 3.33. The van der Waals surface area contributed by atoms with Crippen LogP contribution < -0.4 is 0 Å². The van der Waals surface area contributed by atoms with Gasteiger partial charge >= 0.3 is 0 Å². The molecule has 0 radical (unpaired) electrons. The molecule has 2 heteroatoms. The van der Waals surface area contributed by atoms with Crippen LogP contribution in [-0.4, -0.2) is 15.8 Å². The maximum Gasteiger partial charge on any atom is 0.0832 e. The van der Waals surface area contributed by atoms with Gasteiger partial charge in [0.2, 0.25) is 0 Å². The van der Waals surface area contributed by atoms with Gasteiger partial charge in [0, 0.05) is 5.25 Å². The second kappa shape index (κ2) is 3.51. The molecule has 1 heterocycles. The molecule has 1 aliphatic heterocycles. The second-order valence-electron chi connectivity index (χ2n) is 6.66. The Morgan fingerprint density at radius 2 is 1.47 bits per heavy atom. The molecular formula is C13H25NS. The summed E-state index contributed by atoms with van der Waals surface area (Å²) in [7, 11) is 0. The van der Waals surface area contributed by atoms with E-state index in [4.69, 9.17) is 4.99 Å². The van der Waals surface area contributed by atoms with Crippen LogP contribution in [0, 0.1) is 10.8 Å². The van der Waals surface area contributed by atoms with Crippen molar-refractivity contribution >= 4 is 16.8 Å². The lowest BCUT2D eigenvalue weighted by atomic mass is 9.59. The van der Waals surface area contributed by atoms with Gasteiger partial charge in [-0.25, -0.2) is 0 Å². The lowest BCUT2D eigenvalue weighted by Gasteiger charge is -2.51. The molecular weight excluding hydrogens is 202 g/mol. The maximum atomic E-state index is 5.02. The number of hydrogen-bond acceptors (Lipinski definition) is 2. The van der Waals surface area contributed by atoms with Crippen molar-refractivity contribution < 1.29 is 0 Å². The van der Waals surface area contributed by atoms with Gasteiger partial charge in [0.15, 0.2) is 0 Å². The van der Waals surface area contributed by atoms with Gasteiger partial charge in [-0.3, -0.25) is 4.99 Å². The summed E-state index contributed by atoms with van der Waals surface area (Å²) in [5.74, 6) is 0. The predicted octanol–water partition coefficient (Wildman–Crippen LogP) is 4.37. The average molecular weight is 227 g/mol. The molecule has 0 aromatic carbocycles. The minimum absolute atomic E-state index is 0.0503. The van der Waals surface area contributed by atoms with Crippen LogP contribution in [0.4, 0.5) is 0 Å². The van der Waals surface area contributed by atoms with Gasteiger partial charge in [-0.05, 0) is 17.8 Å². The number of nitrogens with zero attached hydrogens (tertiary/aromatic N) is 1. The van der Waals surface area contributed by atoms with E-state index in [-0.39, 0.29) is 16.4 Å². The van der Waals surface area contributed by atoms with Crippen LogP contribution in [-0.2, 0) is 0 Å². The average Bonchev–Trinajstić information content (AvgIpc) is 2.23. The summed E-state index contributed by atoms with van der Waals surface area (Å²) in [5.41, 5.74) is 0.458. The number of thioether (sulfide) groups is 1. The van der Waals surface area contributed by atoms with E-state index in [0.717, 1.165) is 0 Å². The molecule has 1 aliphatic rings. The van der Waals surface area contributed by atoms with Gasteiger partial charge < -0.3 is 0 Å². The molecule has 88 valence electrons. The zero-order valence-electron chi connectivity index (χ0n) is 11.4. The Hall–Kier alpha value is 0.0200. The largest absolute Gasteiger partial charge is 0.274 e. The van der Waals surface area contributed by atoms with Crippen molar-refractivity contribution in [3.05, 3.63) is 0 Å². The molecule has 0 spiro atoms. The first-order chi connectivity index (χ1) is 6.52. The van der Waals surface area contributed by atoms with Crippen LogP contribution in [0.15, 0.2) is 4.99 Å². The van der Waals surface area contributed by atoms with Gasteiger partial charge in [-0.15, -0.1) is 11.8 Å². The number of hydrogen-bond donors (Lipinski definition) is 0. The highest BCUT2D eigenvalue weighted by atomic mass is 32.2. The zero-order chi connectivity index (χ0) is 12.1. The van der Waals surface area contributed by atoms with Gasteiger partial charge in [0.1, 0.15) is 0 Å². The first kappa shape index (κ1) is 13.1. The van der Waals surface area contributed by atoms with E-state index in [1.54, 1.807) is 0 Å². The molecule has 0 saturated heterocycles. The van der Waals surface area contributed by atoms with E-state index in [1.807, 2.05) is 11.8 Å². The molecule has 0 fully saturated rings. The van der Waals surface area contributed by atoms with Gasteiger partial charge in [0.25, 0.3) is 0 Å². The van der Waals surface area contributed by atoms with E-state index in [9.17, 15) is 0 Å². The standard InChI is InChI=1S/C13H25NS/c1-9-13(11(3,4)5,12(6,7)8)14-10(2)15-9/h9H,1-8H3. The summed E-state index contributed by atoms with van der Waals surface area (Å²) in [4.78, 5) is 5.02. The molecule has 0 N–H and O–H groups in total. The van der Waals surface area contributed by atoms with Crippen LogP contribution in [0.2, 0.25) is 0 Å². The van der Waals surface area contributed by atoms with Crippen LogP contribution in [0.25, 0.3) is 0 Å². The Labute approximate surface area is 99.1 Å². The van der Waals surface area contributed by atoms with Crippen molar-refractivity contribution in [1.29, 1.82) is 0 Å². The highest BCUT2D eigenvalue weighted by molar-refractivity contribution is 8.14. The van der Waals surface area contributed by atoms with Crippen molar-refractivity contribution in [1.82, 2.24) is 0 Å². The molecule has 0 bridgehead atoms. The van der Waals surface area contributed by atoms with Crippen molar-refractivity contribution in [2.45, 2.75) is 66.2 Å². The van der Waals surface area contributed by atoms with Crippen LogP contribution in [0.3, 0.4) is 0 Å². The smallest absolute Gasteiger partial charge is 0.0832 e. The number of aliphatic imine (C=N–C) groups is 1. The van der Waals surface area contributed by atoms with Crippen molar-refractivity contribution in [2.75, 3.05) is 0 Å². The highest BCUT2D eigenvalue weighted by Crippen LogP contribution is 2.55. The fraction of sp³-hybridized carbons (Fsp3) is 0.923. The summed E-state index contributed by atoms with van der Waals surface area (Å²) in [6, 6.07) is 0. The maximum absolute atomic E-state index is 5.02. The molecule has 1 atom stereocenters. The fourth-order valence-corrected chi connectivity index (χ4v) is 5.03. The topological polar surface area (TPSA) is 12.4 Å². The Morgan fingerprint density at radius 3 is 1.60 bits per heavy atom. The van der Waals surface area contributed by atoms with Crippen molar-refractivity contribution in [2.24, 2.45) is 15.8 Å². The van der Waals surface area contributed by atoms with Gasteiger partial charge in [0.05, 0.1) is 10.6 Å². The molecule has 1 rings (SSSR count).